The molecule has 0 aliphatic carbocycles. The van der Waals surface area contributed by atoms with Crippen molar-refractivity contribution in [2.45, 2.75) is 25.1 Å². The number of hydrogen-bond donors (Lipinski definition) is 0. The summed E-state index contributed by atoms with van der Waals surface area (Å²) in [5, 5.41) is 14.9. The van der Waals surface area contributed by atoms with Gasteiger partial charge in [-0.3, -0.25) is 14.8 Å². The number of nitro groups is 1. The van der Waals surface area contributed by atoms with Crippen LogP contribution in [0.4, 0.5) is 24.5 Å². The van der Waals surface area contributed by atoms with Gasteiger partial charge in [0, 0.05) is 43.3 Å². The molecule has 0 spiro atoms. The number of hydrogen-bond acceptors (Lipinski definition) is 4. The first-order valence-corrected chi connectivity index (χ1v) is 7.46. The van der Waals surface area contributed by atoms with Crippen LogP contribution in [-0.2, 0) is 6.18 Å². The molecule has 24 heavy (non-hydrogen) atoms. The van der Waals surface area contributed by atoms with Gasteiger partial charge < -0.3 is 4.90 Å². The second-order valence-electron chi connectivity index (χ2n) is 5.66. The molecule has 0 atom stereocenters. The van der Waals surface area contributed by atoms with Gasteiger partial charge in [-0.15, -0.1) is 0 Å². The molecule has 0 unspecified atom stereocenters. The standard InChI is InChI=1S/C15H15F3N4O2/c16-15(17,18)13-10-12(22(23)24)2-3-14(13)20-8-4-11(5-9-20)21-7-1-6-19-21/h1-3,6-7,10-11H,4-5,8-9H2. The van der Waals surface area contributed by atoms with Crippen LogP contribution in [0.2, 0.25) is 0 Å². The lowest BCUT2D eigenvalue weighted by Crippen LogP contribution is -2.36. The molecule has 0 amide bonds. The number of rotatable bonds is 3. The van der Waals surface area contributed by atoms with E-state index in [1.54, 1.807) is 11.1 Å². The molecular formula is C15H15F3N4O2. The zero-order chi connectivity index (χ0) is 17.3. The topological polar surface area (TPSA) is 64.2 Å². The molecule has 1 aromatic heterocycles. The third kappa shape index (κ3) is 3.19. The van der Waals surface area contributed by atoms with Crippen LogP contribution in [0.25, 0.3) is 0 Å². The second kappa shape index (κ2) is 6.14. The van der Waals surface area contributed by atoms with Gasteiger partial charge in [0.2, 0.25) is 0 Å². The molecule has 2 aromatic rings. The Hall–Kier alpha value is -2.58. The Bertz CT molecular complexity index is 723. The fourth-order valence-corrected chi connectivity index (χ4v) is 3.01. The number of nitro benzene ring substituents is 1. The normalized spacial score (nSPS) is 16.4. The van der Waals surface area contributed by atoms with Gasteiger partial charge in [0.25, 0.3) is 5.69 Å². The number of piperidine rings is 1. The lowest BCUT2D eigenvalue weighted by Gasteiger charge is -2.35. The lowest BCUT2D eigenvalue weighted by molar-refractivity contribution is -0.385. The maximum absolute atomic E-state index is 13.3. The van der Waals surface area contributed by atoms with Crippen molar-refractivity contribution in [2.75, 3.05) is 18.0 Å². The highest BCUT2D eigenvalue weighted by atomic mass is 19.4. The minimum Gasteiger partial charge on any atom is -0.371 e. The van der Waals surface area contributed by atoms with E-state index in [2.05, 4.69) is 5.10 Å². The molecule has 0 radical (unpaired) electrons. The van der Waals surface area contributed by atoms with Gasteiger partial charge >= 0.3 is 6.18 Å². The molecule has 1 saturated heterocycles. The highest BCUT2D eigenvalue weighted by Crippen LogP contribution is 2.40. The van der Waals surface area contributed by atoms with Crippen LogP contribution >= 0.6 is 0 Å². The summed E-state index contributed by atoms with van der Waals surface area (Å²) in [6.45, 7) is 0.872. The van der Waals surface area contributed by atoms with Gasteiger partial charge in [-0.1, -0.05) is 0 Å². The summed E-state index contributed by atoms with van der Waals surface area (Å²) in [7, 11) is 0. The summed E-state index contributed by atoms with van der Waals surface area (Å²) in [5.41, 5.74) is -1.53. The molecule has 9 heteroatoms. The molecule has 0 saturated carbocycles. The van der Waals surface area contributed by atoms with E-state index in [4.69, 9.17) is 0 Å². The third-order valence-corrected chi connectivity index (χ3v) is 4.20. The predicted octanol–water partition coefficient (Wildman–Crippen LogP) is 3.65. The zero-order valence-corrected chi connectivity index (χ0v) is 12.6. The maximum Gasteiger partial charge on any atom is 0.418 e. The average Bonchev–Trinajstić information content (AvgIpc) is 3.08. The number of aromatic nitrogens is 2. The minimum atomic E-state index is -4.64. The molecule has 1 fully saturated rings. The number of alkyl halides is 3. The highest BCUT2D eigenvalue weighted by Gasteiger charge is 2.37. The van der Waals surface area contributed by atoms with Crippen molar-refractivity contribution >= 4 is 11.4 Å². The van der Waals surface area contributed by atoms with Crippen molar-refractivity contribution in [1.82, 2.24) is 9.78 Å². The van der Waals surface area contributed by atoms with E-state index >= 15 is 0 Å². The van der Waals surface area contributed by atoms with E-state index in [9.17, 15) is 23.3 Å². The van der Waals surface area contributed by atoms with Gasteiger partial charge in [0.1, 0.15) is 0 Å². The lowest BCUT2D eigenvalue weighted by atomic mass is 10.0. The first kappa shape index (κ1) is 16.3. The number of nitrogens with zero attached hydrogens (tertiary/aromatic N) is 4. The first-order chi connectivity index (χ1) is 11.4. The van der Waals surface area contributed by atoms with Gasteiger partial charge in [-0.25, -0.2) is 0 Å². The van der Waals surface area contributed by atoms with Crippen molar-refractivity contribution in [1.29, 1.82) is 0 Å². The fourth-order valence-electron chi connectivity index (χ4n) is 3.01. The molecule has 0 bridgehead atoms. The Balaban J connectivity index is 1.83. The quantitative estimate of drug-likeness (QED) is 0.632. The van der Waals surface area contributed by atoms with Gasteiger partial charge in [0.15, 0.2) is 0 Å². The van der Waals surface area contributed by atoms with Crippen molar-refractivity contribution in [2.24, 2.45) is 0 Å². The van der Waals surface area contributed by atoms with Gasteiger partial charge in [0.05, 0.1) is 16.5 Å². The summed E-state index contributed by atoms with van der Waals surface area (Å²) in [6, 6.07) is 4.88. The van der Waals surface area contributed by atoms with E-state index in [0.29, 0.717) is 32.0 Å². The number of non-ortho nitro benzene ring substituents is 1. The summed E-state index contributed by atoms with van der Waals surface area (Å²) in [5.74, 6) is 0. The van der Waals surface area contributed by atoms with Crippen molar-refractivity contribution in [3.8, 4) is 0 Å². The SMILES string of the molecule is O=[N+]([O-])c1ccc(N2CCC(n3cccn3)CC2)c(C(F)(F)F)c1. The van der Waals surface area contributed by atoms with E-state index < -0.39 is 22.4 Å². The Morgan fingerprint density at radius 1 is 1.25 bits per heavy atom. The average molecular weight is 340 g/mol. The van der Waals surface area contributed by atoms with Gasteiger partial charge in [-0.2, -0.15) is 18.3 Å². The molecule has 1 aromatic carbocycles. The number of anilines is 1. The van der Waals surface area contributed by atoms with Crippen LogP contribution in [0.3, 0.4) is 0 Å². The van der Waals surface area contributed by atoms with Gasteiger partial charge in [-0.05, 0) is 25.0 Å². The van der Waals surface area contributed by atoms with Crippen LogP contribution in [0.15, 0.2) is 36.7 Å². The van der Waals surface area contributed by atoms with Crippen LogP contribution < -0.4 is 4.90 Å². The molecular weight excluding hydrogens is 325 g/mol. The number of benzene rings is 1. The second-order valence-corrected chi connectivity index (χ2v) is 5.66. The monoisotopic (exact) mass is 340 g/mol. The molecule has 1 aliphatic rings. The third-order valence-electron chi connectivity index (χ3n) is 4.20. The van der Waals surface area contributed by atoms with Crippen LogP contribution in [0.1, 0.15) is 24.4 Å². The van der Waals surface area contributed by atoms with E-state index in [1.807, 2.05) is 16.9 Å². The first-order valence-electron chi connectivity index (χ1n) is 7.46. The number of halogens is 3. The molecule has 128 valence electrons. The Morgan fingerprint density at radius 2 is 1.96 bits per heavy atom. The van der Waals surface area contributed by atoms with E-state index in [1.165, 1.54) is 6.07 Å². The largest absolute Gasteiger partial charge is 0.418 e. The van der Waals surface area contributed by atoms with Crippen molar-refractivity contribution in [3.63, 3.8) is 0 Å². The maximum atomic E-state index is 13.3. The Kier molecular flexibility index (Phi) is 4.16. The fraction of sp³-hybridized carbons (Fsp3) is 0.400. The van der Waals surface area contributed by atoms with Crippen molar-refractivity contribution < 1.29 is 18.1 Å². The summed E-state index contributed by atoms with van der Waals surface area (Å²) >= 11 is 0. The molecule has 3 rings (SSSR count). The molecule has 0 N–H and O–H groups in total. The summed E-state index contributed by atoms with van der Waals surface area (Å²) in [4.78, 5) is 11.6. The van der Waals surface area contributed by atoms with Crippen LogP contribution in [-0.4, -0.2) is 27.8 Å². The molecule has 1 aliphatic heterocycles. The highest BCUT2D eigenvalue weighted by molar-refractivity contribution is 5.59. The van der Waals surface area contributed by atoms with E-state index in [0.717, 1.165) is 6.07 Å². The molecule has 2 heterocycles. The predicted molar refractivity (Wildman–Crippen MR) is 80.8 cm³/mol. The Morgan fingerprint density at radius 3 is 2.50 bits per heavy atom. The Labute approximate surface area is 135 Å². The molecule has 6 nitrogen and oxygen atoms in total. The van der Waals surface area contributed by atoms with E-state index in [-0.39, 0.29) is 11.7 Å². The smallest absolute Gasteiger partial charge is 0.371 e. The zero-order valence-electron chi connectivity index (χ0n) is 12.6. The summed E-state index contributed by atoms with van der Waals surface area (Å²) in [6.07, 6.45) is 0.198. The van der Waals surface area contributed by atoms with Crippen LogP contribution in [0.5, 0.6) is 0 Å². The minimum absolute atomic E-state index is 0.00739. The van der Waals surface area contributed by atoms with Crippen molar-refractivity contribution in [3.05, 3.63) is 52.3 Å². The van der Waals surface area contributed by atoms with Crippen LogP contribution in [0, 0.1) is 10.1 Å². The summed E-state index contributed by atoms with van der Waals surface area (Å²) < 4.78 is 41.7.